The average Bonchev–Trinajstić information content (AvgIpc) is 3.45. The van der Waals surface area contributed by atoms with Crippen molar-refractivity contribution in [2.75, 3.05) is 0 Å². The Morgan fingerprint density at radius 3 is 1.05 bits per heavy atom. The van der Waals surface area contributed by atoms with E-state index in [1.54, 1.807) is 72.8 Å². The maximum absolute atomic E-state index is 14.1. The summed E-state index contributed by atoms with van der Waals surface area (Å²) in [4.78, 5) is 48.2. The highest BCUT2D eigenvalue weighted by Crippen LogP contribution is 2.42. The van der Waals surface area contributed by atoms with E-state index in [2.05, 4.69) is 47.9 Å². The van der Waals surface area contributed by atoms with Gasteiger partial charge in [0.1, 0.15) is 17.2 Å². The smallest absolute Gasteiger partial charge is 0.343 e. The van der Waals surface area contributed by atoms with Crippen molar-refractivity contribution in [3.63, 3.8) is 0 Å². The first-order valence-corrected chi connectivity index (χ1v) is 25.1. The lowest BCUT2D eigenvalue weighted by molar-refractivity contribution is 0.0420. The molecule has 0 saturated heterocycles. The number of unbranched alkanes of at least 4 members (excludes halogenated alkanes) is 3. The summed E-state index contributed by atoms with van der Waals surface area (Å²) >= 11 is 0. The summed E-state index contributed by atoms with van der Waals surface area (Å²) in [6.45, 7) is 13.8. The predicted molar refractivity (Wildman–Crippen MR) is 290 cm³/mol. The van der Waals surface area contributed by atoms with Crippen LogP contribution in [0, 0.1) is 29.1 Å². The molecule has 0 bridgehead atoms. The molecule has 7 rings (SSSR count). The third kappa shape index (κ3) is 12.4. The molecule has 7 aromatic rings. The van der Waals surface area contributed by atoms with Crippen molar-refractivity contribution in [1.82, 2.24) is 0 Å². The van der Waals surface area contributed by atoms with Crippen LogP contribution < -0.4 is 14.2 Å². The minimum Gasteiger partial charge on any atom is -0.498 e. The largest absolute Gasteiger partial charge is 0.498 e. The van der Waals surface area contributed by atoms with E-state index in [-0.39, 0.29) is 33.9 Å². The molecule has 0 aliphatic carbocycles. The van der Waals surface area contributed by atoms with Crippen LogP contribution in [0.2, 0.25) is 0 Å². The molecule has 0 aliphatic rings. The van der Waals surface area contributed by atoms with E-state index in [1.165, 1.54) is 18.2 Å². The molecule has 0 aliphatic heterocycles. The number of benzene rings is 7. The van der Waals surface area contributed by atoms with E-state index in [9.17, 15) is 24.8 Å². The van der Waals surface area contributed by atoms with Gasteiger partial charge in [0.05, 0.1) is 16.7 Å². The number of esters is 3. The Labute approximate surface area is 438 Å². The molecule has 75 heavy (non-hydrogen) atoms. The van der Waals surface area contributed by atoms with Gasteiger partial charge in [0.25, 0.3) is 0 Å². The van der Waals surface area contributed by atoms with Crippen LogP contribution in [-0.4, -0.2) is 17.9 Å². The molecule has 3 unspecified atom stereocenters. The quantitative estimate of drug-likeness (QED) is 0.0280. The molecule has 7 aromatic carbocycles. The van der Waals surface area contributed by atoms with E-state index >= 15 is 0 Å². The summed E-state index contributed by atoms with van der Waals surface area (Å²) in [5.41, 5.74) is 1.10. The topological polar surface area (TPSA) is 147 Å². The highest BCUT2D eigenvalue weighted by atomic mass is 16.6. The Kier molecular flexibility index (Phi) is 18.2. The molecule has 0 amide bonds. The first-order chi connectivity index (χ1) is 36.6. The number of carbonyl (C=O) groups excluding carboxylic acids is 3. The van der Waals surface area contributed by atoms with Gasteiger partial charge in [0.15, 0.2) is 10.8 Å². The Morgan fingerprint density at radius 1 is 0.440 bits per heavy atom. The van der Waals surface area contributed by atoms with Gasteiger partial charge in [-0.05, 0) is 101 Å². The lowest BCUT2D eigenvalue weighted by atomic mass is 9.72. The summed E-state index contributed by atoms with van der Waals surface area (Å²) in [5, 5.41) is 33.3. The summed E-state index contributed by atoms with van der Waals surface area (Å²) in [6, 6.07) is 57.9. The van der Waals surface area contributed by atoms with Crippen molar-refractivity contribution in [2.24, 2.45) is 0 Å². The van der Waals surface area contributed by atoms with Crippen molar-refractivity contribution in [2.45, 2.75) is 95.0 Å². The summed E-state index contributed by atoms with van der Waals surface area (Å²) in [6.07, 6.45) is 6.58. The van der Waals surface area contributed by atoms with Gasteiger partial charge < -0.3 is 24.6 Å². The maximum atomic E-state index is 14.1. The average molecular weight is 1000 g/mol. The van der Waals surface area contributed by atoms with Gasteiger partial charge in [-0.3, -0.25) is 0 Å². The zero-order valence-corrected chi connectivity index (χ0v) is 42.2. The number of hydrogen-bond donors (Lipinski definition) is 0. The lowest BCUT2D eigenvalue weighted by Gasteiger charge is -2.27. The van der Waals surface area contributed by atoms with Gasteiger partial charge in [-0.15, -0.1) is 0 Å². The maximum Gasteiger partial charge on any atom is 0.343 e. The summed E-state index contributed by atoms with van der Waals surface area (Å²) < 4.78 is 17.6. The molecular formula is C63H57N3O9. The molecule has 378 valence electrons. The molecular weight excluding hydrogens is 943 g/mol. The first-order valence-electron chi connectivity index (χ1n) is 25.1. The van der Waals surface area contributed by atoms with Crippen molar-refractivity contribution in [3.05, 3.63) is 264 Å². The summed E-state index contributed by atoms with van der Waals surface area (Å²) in [7, 11) is 0. The zero-order valence-electron chi connectivity index (χ0n) is 42.2. The van der Waals surface area contributed by atoms with Crippen LogP contribution in [0.3, 0.4) is 0 Å². The van der Waals surface area contributed by atoms with Crippen LogP contribution in [-0.2, 0) is 21.3 Å². The molecule has 3 atom stereocenters. The minimum absolute atomic E-state index is 0.148. The van der Waals surface area contributed by atoms with Crippen molar-refractivity contribution in [3.8, 4) is 29.4 Å². The van der Waals surface area contributed by atoms with Gasteiger partial charge in [0, 0.05) is 27.6 Å². The fraction of sp³-hybridized carbons (Fsp3) is 0.238. The molecule has 12 heteroatoms. The van der Waals surface area contributed by atoms with Gasteiger partial charge in [-0.25, -0.2) is 14.4 Å². The summed E-state index contributed by atoms with van der Waals surface area (Å²) in [5.74, 6) is -2.23. The van der Waals surface area contributed by atoms with Crippen molar-refractivity contribution < 1.29 is 33.4 Å². The Hall–Kier alpha value is -9.18. The van der Waals surface area contributed by atoms with Crippen molar-refractivity contribution in [1.29, 1.82) is 0 Å². The highest BCUT2D eigenvalue weighted by molar-refractivity contribution is 6.02. The van der Waals surface area contributed by atoms with Crippen LogP contribution >= 0.6 is 0 Å². The third-order valence-corrected chi connectivity index (χ3v) is 13.4. The Bertz CT molecular complexity index is 3060. The molecule has 0 radical (unpaired) electrons. The number of rotatable bonds is 22. The predicted octanol–water partition coefficient (Wildman–Crippen LogP) is 15.2. The molecule has 0 fully saturated rings. The van der Waals surface area contributed by atoms with E-state index in [0.29, 0.717) is 36.0 Å². The minimum atomic E-state index is -1.08. The monoisotopic (exact) mass is 999 g/mol. The van der Waals surface area contributed by atoms with Crippen LogP contribution in [0.25, 0.3) is 15.0 Å². The van der Waals surface area contributed by atoms with Crippen LogP contribution in [0.15, 0.2) is 182 Å². The number of ether oxygens (including phenoxy) is 3. The van der Waals surface area contributed by atoms with E-state index in [1.807, 2.05) is 91.0 Å². The second-order valence-electron chi connectivity index (χ2n) is 18.2. The second kappa shape index (κ2) is 25.5. The van der Waals surface area contributed by atoms with Crippen LogP contribution in [0.5, 0.6) is 17.2 Å². The van der Waals surface area contributed by atoms with E-state index < -0.39 is 34.3 Å². The normalized spacial score (nSPS) is 13.0. The van der Waals surface area contributed by atoms with Crippen LogP contribution in [0.4, 0.5) is 0 Å². The zero-order chi connectivity index (χ0) is 53.1. The Morgan fingerprint density at radius 2 is 0.733 bits per heavy atom. The first kappa shape index (κ1) is 53.6. The third-order valence-electron chi connectivity index (χ3n) is 13.4. The SMILES string of the molecule is [C-]#[N+]OC(CCCC)(c1ccccc1)c1ccc(OC(=O)c2cc(C(=O)Oc3ccc(C(C#[N+][O-])(CCCC)c4ccccc4)cc3)cc(C(=O)Oc3ccc(C(C#[N+][O-])(CCCC)c4ccccc4)cc3)c2)cc1. The van der Waals surface area contributed by atoms with Gasteiger partial charge in [-0.1, -0.05) is 180 Å². The Balaban J connectivity index is 1.21. The number of hydrogen-bond acceptors (Lipinski definition) is 9. The number of carbonyl (C=O) groups is 3. The molecule has 0 spiro atoms. The van der Waals surface area contributed by atoms with E-state index in [0.717, 1.165) is 55.2 Å². The van der Waals surface area contributed by atoms with Gasteiger partial charge in [0.2, 0.25) is 5.60 Å². The molecule has 0 saturated carbocycles. The lowest BCUT2D eigenvalue weighted by Crippen LogP contribution is -2.29. The van der Waals surface area contributed by atoms with Crippen LogP contribution in [0.1, 0.15) is 143 Å². The number of nitrogens with zero attached hydrogens (tertiary/aromatic N) is 3. The molecule has 12 nitrogen and oxygen atoms in total. The van der Waals surface area contributed by atoms with Crippen molar-refractivity contribution >= 4 is 17.9 Å². The van der Waals surface area contributed by atoms with Gasteiger partial charge in [-0.2, -0.15) is 11.4 Å². The second-order valence-corrected chi connectivity index (χ2v) is 18.2. The molecule has 0 aromatic heterocycles. The molecule has 0 heterocycles. The van der Waals surface area contributed by atoms with Gasteiger partial charge >= 0.3 is 30.0 Å². The standard InChI is InChI=1S/C63H57N3O9/c1-5-8-38-61(44-65-70,49-20-14-11-15-21-49)51-26-32-55(33-27-51)72-58(67)46-41-47(59(68)73-56-34-28-52(29-35-56)62(45-66-71,39-9-6-2)50-22-16-12-17-23-50)43-48(42-46)60(69)74-57-36-30-54(31-37-57)63(75-64-4,40-10-7-3)53-24-18-13-19-25-53/h11-37,41-43H,5-10,38-40H2,1-3H3. The fourth-order valence-electron chi connectivity index (χ4n) is 9.47. The fourth-order valence-corrected chi connectivity index (χ4v) is 9.47. The highest BCUT2D eigenvalue weighted by Gasteiger charge is 2.42. The van der Waals surface area contributed by atoms with E-state index in [4.69, 9.17) is 25.6 Å². The molecule has 0 N–H and O–H groups in total.